The Morgan fingerprint density at radius 3 is 2.76 bits per heavy atom. The molecule has 0 aliphatic carbocycles. The number of fused-ring (bicyclic) bond motifs is 1. The number of hydrogen-bond donors (Lipinski definition) is 2. The van der Waals surface area contributed by atoms with Gasteiger partial charge in [-0.25, -0.2) is 9.78 Å². The maximum atomic E-state index is 12.2. The molecule has 0 aliphatic heterocycles. The summed E-state index contributed by atoms with van der Waals surface area (Å²) in [6.07, 6.45) is 2.59. The largest absolute Gasteiger partial charge is 0.329 e. The maximum absolute atomic E-state index is 12.2. The van der Waals surface area contributed by atoms with Crippen molar-refractivity contribution in [1.29, 1.82) is 0 Å². The van der Waals surface area contributed by atoms with Gasteiger partial charge in [-0.2, -0.15) is 0 Å². The van der Waals surface area contributed by atoms with Crippen molar-refractivity contribution in [2.75, 3.05) is 0 Å². The molecular formula is C17H20N4O2S2. The number of aryl methyl sites for hydroxylation is 2. The Hall–Kier alpha value is -2.06. The highest BCUT2D eigenvalue weighted by atomic mass is 32.1. The van der Waals surface area contributed by atoms with Crippen molar-refractivity contribution in [3.05, 3.63) is 53.7 Å². The van der Waals surface area contributed by atoms with Gasteiger partial charge in [-0.1, -0.05) is 32.1 Å². The molecule has 0 aliphatic rings. The van der Waals surface area contributed by atoms with E-state index in [1.807, 2.05) is 19.9 Å². The van der Waals surface area contributed by atoms with E-state index in [1.165, 1.54) is 4.88 Å². The second-order valence-electron chi connectivity index (χ2n) is 6.41. The van der Waals surface area contributed by atoms with Gasteiger partial charge in [-0.15, -0.1) is 11.3 Å². The molecule has 0 fully saturated rings. The van der Waals surface area contributed by atoms with Crippen LogP contribution in [0.4, 0.5) is 0 Å². The summed E-state index contributed by atoms with van der Waals surface area (Å²) in [5.74, 6) is 0.959. The lowest BCUT2D eigenvalue weighted by Crippen LogP contribution is -2.32. The van der Waals surface area contributed by atoms with Crippen LogP contribution < -0.4 is 11.2 Å². The fraction of sp³-hybridized carbons (Fsp3) is 0.412. The van der Waals surface area contributed by atoms with Crippen LogP contribution in [0.5, 0.6) is 0 Å². The number of aromatic nitrogens is 4. The van der Waals surface area contributed by atoms with E-state index in [9.17, 15) is 9.59 Å². The minimum absolute atomic E-state index is 0.235. The molecule has 0 unspecified atom stereocenters. The fourth-order valence-electron chi connectivity index (χ4n) is 2.79. The van der Waals surface area contributed by atoms with E-state index in [0.29, 0.717) is 24.4 Å². The van der Waals surface area contributed by atoms with Crippen LogP contribution in [0.1, 0.15) is 31.0 Å². The molecule has 0 spiro atoms. The third kappa shape index (κ3) is 3.96. The van der Waals surface area contributed by atoms with E-state index in [-0.39, 0.29) is 15.9 Å². The number of rotatable bonds is 6. The quantitative estimate of drug-likeness (QED) is 0.648. The lowest BCUT2D eigenvalue weighted by atomic mass is 10.2. The number of hydrogen-bond acceptors (Lipinski definition) is 5. The van der Waals surface area contributed by atoms with Crippen molar-refractivity contribution in [2.45, 2.75) is 39.7 Å². The molecule has 3 rings (SSSR count). The minimum atomic E-state index is -0.487. The number of thiophene rings is 1. The predicted octanol–water partition coefficient (Wildman–Crippen LogP) is 3.04. The van der Waals surface area contributed by atoms with Crippen LogP contribution in [0.25, 0.3) is 11.0 Å². The molecule has 132 valence electrons. The van der Waals surface area contributed by atoms with Crippen molar-refractivity contribution >= 4 is 34.6 Å². The minimum Gasteiger partial charge on any atom is -0.329 e. The van der Waals surface area contributed by atoms with E-state index in [0.717, 1.165) is 12.8 Å². The van der Waals surface area contributed by atoms with Gasteiger partial charge < -0.3 is 4.98 Å². The van der Waals surface area contributed by atoms with Crippen LogP contribution in [0.15, 0.2) is 27.1 Å². The second-order valence-corrected chi connectivity index (χ2v) is 7.83. The lowest BCUT2D eigenvalue weighted by Gasteiger charge is -2.12. The Kier molecular flexibility index (Phi) is 5.29. The molecule has 8 heteroatoms. The molecule has 3 aromatic heterocycles. The van der Waals surface area contributed by atoms with Crippen molar-refractivity contribution < 1.29 is 0 Å². The molecule has 25 heavy (non-hydrogen) atoms. The first-order chi connectivity index (χ1) is 12.0. The van der Waals surface area contributed by atoms with Crippen molar-refractivity contribution in [2.24, 2.45) is 5.92 Å². The molecule has 6 nitrogen and oxygen atoms in total. The molecule has 2 N–H and O–H groups in total. The smallest absolute Gasteiger partial charge is 0.329 e. The van der Waals surface area contributed by atoms with Gasteiger partial charge in [0.2, 0.25) is 0 Å². The Morgan fingerprint density at radius 1 is 1.28 bits per heavy atom. The van der Waals surface area contributed by atoms with Gasteiger partial charge in [0.1, 0.15) is 21.5 Å². The maximum Gasteiger partial charge on any atom is 0.329 e. The molecule has 0 saturated carbocycles. The summed E-state index contributed by atoms with van der Waals surface area (Å²) in [6, 6.07) is 4.15. The fourth-order valence-corrected chi connectivity index (χ4v) is 3.84. The average Bonchev–Trinajstić information content (AvgIpc) is 3.04. The molecule has 0 bridgehead atoms. The van der Waals surface area contributed by atoms with E-state index in [2.05, 4.69) is 26.4 Å². The highest BCUT2D eigenvalue weighted by molar-refractivity contribution is 7.71. The van der Waals surface area contributed by atoms with Crippen LogP contribution in [-0.2, 0) is 19.4 Å². The van der Waals surface area contributed by atoms with Crippen molar-refractivity contribution in [1.82, 2.24) is 19.5 Å². The first-order valence-electron chi connectivity index (χ1n) is 8.24. The highest BCUT2D eigenvalue weighted by Gasteiger charge is 2.13. The Bertz CT molecular complexity index is 1050. The molecule has 0 atom stereocenters. The zero-order chi connectivity index (χ0) is 18.0. The summed E-state index contributed by atoms with van der Waals surface area (Å²) in [4.78, 5) is 35.6. The number of aromatic amines is 2. The third-order valence-electron chi connectivity index (χ3n) is 3.88. The van der Waals surface area contributed by atoms with Crippen molar-refractivity contribution in [3.8, 4) is 0 Å². The number of nitrogens with one attached hydrogen (secondary N) is 2. The molecule has 0 aromatic carbocycles. The third-order valence-corrected chi connectivity index (χ3v) is 5.11. The van der Waals surface area contributed by atoms with E-state index >= 15 is 0 Å². The van der Waals surface area contributed by atoms with E-state index in [1.54, 1.807) is 15.9 Å². The summed E-state index contributed by atoms with van der Waals surface area (Å²) in [6.45, 7) is 4.53. The molecule has 3 aromatic rings. The monoisotopic (exact) mass is 376 g/mol. The van der Waals surface area contributed by atoms with Crippen LogP contribution in [0.2, 0.25) is 0 Å². The zero-order valence-corrected chi connectivity index (χ0v) is 15.8. The van der Waals surface area contributed by atoms with Crippen LogP contribution >= 0.6 is 23.6 Å². The van der Waals surface area contributed by atoms with Gasteiger partial charge in [-0.05, 0) is 30.2 Å². The Labute approximate surface area is 153 Å². The van der Waals surface area contributed by atoms with E-state index in [4.69, 9.17) is 12.2 Å². The molecule has 0 saturated heterocycles. The van der Waals surface area contributed by atoms with Crippen LogP contribution in [-0.4, -0.2) is 19.5 Å². The van der Waals surface area contributed by atoms with Gasteiger partial charge >= 0.3 is 5.69 Å². The lowest BCUT2D eigenvalue weighted by molar-refractivity contribution is 0.512. The Balaban J connectivity index is 1.99. The van der Waals surface area contributed by atoms with Gasteiger partial charge in [0.05, 0.1) is 0 Å². The summed E-state index contributed by atoms with van der Waals surface area (Å²) in [7, 11) is 0. The summed E-state index contributed by atoms with van der Waals surface area (Å²) >= 11 is 7.05. The summed E-state index contributed by atoms with van der Waals surface area (Å²) in [5, 5.41) is 2.34. The second kappa shape index (κ2) is 7.45. The standard InChI is InChI=1S/C17H20N4O2S2/c1-10(2)9-21-14-13(15(22)20-17(21)23)16(24)19-12(18-14)7-3-5-11-6-4-8-25-11/h4,6,8,10H,3,5,7,9H2,1-2H3,(H,18,19,24)(H,20,22,23). The number of H-pyrrole nitrogens is 2. The van der Waals surface area contributed by atoms with Crippen LogP contribution in [0, 0.1) is 10.6 Å². The first kappa shape index (κ1) is 17.8. The summed E-state index contributed by atoms with van der Waals surface area (Å²) in [5.41, 5.74) is -0.444. The molecular weight excluding hydrogens is 356 g/mol. The zero-order valence-electron chi connectivity index (χ0n) is 14.2. The molecule has 0 amide bonds. The van der Waals surface area contributed by atoms with Gasteiger partial charge in [0, 0.05) is 17.8 Å². The topological polar surface area (TPSA) is 83.5 Å². The molecule has 0 radical (unpaired) electrons. The van der Waals surface area contributed by atoms with Crippen molar-refractivity contribution in [3.63, 3.8) is 0 Å². The first-order valence-corrected chi connectivity index (χ1v) is 9.53. The predicted molar refractivity (Wildman–Crippen MR) is 103 cm³/mol. The van der Waals surface area contributed by atoms with Crippen LogP contribution in [0.3, 0.4) is 0 Å². The van der Waals surface area contributed by atoms with Gasteiger partial charge in [0.25, 0.3) is 5.56 Å². The SMILES string of the molecule is CC(C)Cn1c(=O)[nH]c(=O)c2c(=S)nc(CCCc3cccs3)[nH]c21. The molecule has 3 heterocycles. The van der Waals surface area contributed by atoms with Gasteiger partial charge in [0.15, 0.2) is 0 Å². The number of nitrogens with zero attached hydrogens (tertiary/aromatic N) is 2. The van der Waals surface area contributed by atoms with E-state index < -0.39 is 11.2 Å². The average molecular weight is 377 g/mol. The Morgan fingerprint density at radius 2 is 2.08 bits per heavy atom. The highest BCUT2D eigenvalue weighted by Crippen LogP contribution is 2.14. The van der Waals surface area contributed by atoms with Gasteiger partial charge in [-0.3, -0.25) is 14.3 Å². The normalized spacial score (nSPS) is 11.5. The summed E-state index contributed by atoms with van der Waals surface area (Å²) < 4.78 is 1.78.